The van der Waals surface area contributed by atoms with Crippen LogP contribution in [-0.2, 0) is 0 Å². The lowest BCUT2D eigenvalue weighted by Crippen LogP contribution is -2.78. The van der Waals surface area contributed by atoms with Gasteiger partial charge >= 0.3 is 0 Å². The molecule has 0 saturated carbocycles. The third-order valence-corrected chi connectivity index (χ3v) is 4.50. The predicted molar refractivity (Wildman–Crippen MR) is 84.1 cm³/mol. The summed E-state index contributed by atoms with van der Waals surface area (Å²) in [6.07, 6.45) is 3.02. The lowest BCUT2D eigenvalue weighted by atomic mass is 9.77. The Balaban J connectivity index is 1.97. The van der Waals surface area contributed by atoms with Crippen LogP contribution >= 0.6 is 0 Å². The van der Waals surface area contributed by atoms with E-state index >= 15 is 0 Å². The minimum atomic E-state index is -0.687. The summed E-state index contributed by atoms with van der Waals surface area (Å²) in [6, 6.07) is 5.59. The lowest BCUT2D eigenvalue weighted by molar-refractivity contribution is -0.561. The average molecular weight is 300 g/mol. The average Bonchev–Trinajstić information content (AvgIpc) is 2.71. The molecular formula is C18H22NO3+. The van der Waals surface area contributed by atoms with Crippen LogP contribution in [0.5, 0.6) is 5.75 Å². The summed E-state index contributed by atoms with van der Waals surface area (Å²) >= 11 is 0. The van der Waals surface area contributed by atoms with E-state index in [9.17, 15) is 9.90 Å². The number of benzene rings is 1. The Morgan fingerprint density at radius 3 is 2.82 bits per heavy atom. The third-order valence-electron chi connectivity index (χ3n) is 4.50. The molecule has 0 bridgehead atoms. The number of allylic oxidation sites excluding steroid dienone is 1. The van der Waals surface area contributed by atoms with Gasteiger partial charge in [-0.3, -0.25) is 4.79 Å². The molecule has 2 N–H and O–H groups in total. The Bertz CT molecular complexity index is 686. The second-order valence-corrected chi connectivity index (χ2v) is 6.48. The number of hydrogen-bond donors (Lipinski definition) is 2. The number of unbranched alkanes of at least 4 members (excludes halogenated alkanes) is 1. The second kappa shape index (κ2) is 5.36. The van der Waals surface area contributed by atoms with E-state index in [-0.39, 0.29) is 5.78 Å². The molecule has 1 aliphatic heterocycles. The highest BCUT2D eigenvalue weighted by molar-refractivity contribution is 6.25. The summed E-state index contributed by atoms with van der Waals surface area (Å²) in [5, 5.41) is 10.2. The van der Waals surface area contributed by atoms with Crippen LogP contribution in [-0.4, -0.2) is 29.4 Å². The number of aliphatic hydroxyl groups is 1. The van der Waals surface area contributed by atoms with Gasteiger partial charge in [0.05, 0.1) is 17.6 Å². The van der Waals surface area contributed by atoms with Crippen LogP contribution in [0.4, 0.5) is 0 Å². The molecule has 4 heteroatoms. The first kappa shape index (κ1) is 15.0. The number of nitrogens with one attached hydrogen (secondary N) is 1. The highest BCUT2D eigenvalue weighted by Crippen LogP contribution is 2.37. The molecule has 0 spiro atoms. The van der Waals surface area contributed by atoms with E-state index in [4.69, 9.17) is 4.74 Å². The van der Waals surface area contributed by atoms with Gasteiger partial charge in [-0.1, -0.05) is 13.3 Å². The van der Waals surface area contributed by atoms with E-state index in [1.165, 1.54) is 0 Å². The van der Waals surface area contributed by atoms with E-state index < -0.39 is 11.6 Å². The van der Waals surface area contributed by atoms with Crippen LogP contribution in [0.3, 0.4) is 0 Å². The Kier molecular flexibility index (Phi) is 3.65. The van der Waals surface area contributed by atoms with Gasteiger partial charge in [0.1, 0.15) is 5.75 Å². The van der Waals surface area contributed by atoms with E-state index in [1.807, 2.05) is 26.0 Å². The molecule has 1 aliphatic carbocycles. The number of ether oxygens (including phenoxy) is 1. The zero-order valence-corrected chi connectivity index (χ0v) is 13.3. The molecule has 4 nitrogen and oxygen atoms in total. The number of aliphatic hydroxyl groups excluding tert-OH is 1. The van der Waals surface area contributed by atoms with E-state index in [2.05, 4.69) is 11.9 Å². The van der Waals surface area contributed by atoms with Crippen molar-refractivity contribution in [3.8, 4) is 5.75 Å². The molecule has 0 radical (unpaired) electrons. The molecule has 0 aromatic heterocycles. The van der Waals surface area contributed by atoms with E-state index in [0.29, 0.717) is 12.2 Å². The molecule has 0 saturated heterocycles. The summed E-state index contributed by atoms with van der Waals surface area (Å²) < 4.78 is 5.68. The molecule has 1 heterocycles. The third kappa shape index (κ3) is 2.28. The van der Waals surface area contributed by atoms with Crippen molar-refractivity contribution in [1.29, 1.82) is 0 Å². The van der Waals surface area contributed by atoms with E-state index in [1.54, 1.807) is 12.1 Å². The van der Waals surface area contributed by atoms with Gasteiger partial charge < -0.3 is 9.84 Å². The largest absolute Gasteiger partial charge is 0.494 e. The fourth-order valence-corrected chi connectivity index (χ4v) is 2.92. The fourth-order valence-electron chi connectivity index (χ4n) is 2.92. The zero-order chi connectivity index (χ0) is 15.9. The van der Waals surface area contributed by atoms with Crippen molar-refractivity contribution in [1.82, 2.24) is 0 Å². The standard InChI is InChI=1S/C18H21NO3/c1-4-5-8-22-11-6-7-12-13(9-11)15(20)10-14-16(12)19-17(21)18(14,2)3/h6-7,9-10,17,21H,4-5,8H2,1-3H3/p+1. The number of carbonyl (C=O) groups is 1. The molecule has 0 fully saturated rings. The highest BCUT2D eigenvalue weighted by Gasteiger charge is 2.49. The Morgan fingerprint density at radius 1 is 1.32 bits per heavy atom. The van der Waals surface area contributed by atoms with Gasteiger partial charge in [0, 0.05) is 11.1 Å². The Morgan fingerprint density at radius 2 is 2.09 bits per heavy atom. The minimum absolute atomic E-state index is 0.0290. The molecule has 1 aromatic rings. The highest BCUT2D eigenvalue weighted by atomic mass is 16.5. The molecular weight excluding hydrogens is 278 g/mol. The number of hydrogen-bond acceptors (Lipinski definition) is 3. The molecule has 1 aromatic carbocycles. The van der Waals surface area contributed by atoms with Crippen molar-refractivity contribution in [3.63, 3.8) is 0 Å². The van der Waals surface area contributed by atoms with Gasteiger partial charge in [-0.05, 0) is 44.5 Å². The van der Waals surface area contributed by atoms with E-state index in [0.717, 1.165) is 35.4 Å². The van der Waals surface area contributed by atoms with Gasteiger partial charge in [-0.15, -0.1) is 0 Å². The summed E-state index contributed by atoms with van der Waals surface area (Å²) in [4.78, 5) is 15.6. The summed E-state index contributed by atoms with van der Waals surface area (Å²) in [5.41, 5.74) is 2.73. The van der Waals surface area contributed by atoms with Crippen LogP contribution in [0.2, 0.25) is 0 Å². The fraction of sp³-hybridized carbons (Fsp3) is 0.444. The second-order valence-electron chi connectivity index (χ2n) is 6.48. The van der Waals surface area contributed by atoms with Crippen molar-refractivity contribution >= 4 is 11.5 Å². The van der Waals surface area contributed by atoms with Gasteiger partial charge in [0.15, 0.2) is 5.78 Å². The first-order valence-corrected chi connectivity index (χ1v) is 7.80. The van der Waals surface area contributed by atoms with Crippen LogP contribution in [0.25, 0.3) is 0 Å². The van der Waals surface area contributed by atoms with Crippen LogP contribution < -0.4 is 9.73 Å². The maximum absolute atomic E-state index is 12.5. The molecule has 0 amide bonds. The molecule has 1 atom stereocenters. The van der Waals surface area contributed by atoms with Crippen molar-refractivity contribution in [2.75, 3.05) is 6.61 Å². The molecule has 116 valence electrons. The van der Waals surface area contributed by atoms with Gasteiger partial charge in [0.2, 0.25) is 5.71 Å². The quantitative estimate of drug-likeness (QED) is 0.822. The maximum Gasteiger partial charge on any atom is 0.263 e. The summed E-state index contributed by atoms with van der Waals surface area (Å²) in [5.74, 6) is 0.689. The number of fused-ring (bicyclic) bond motifs is 3. The lowest BCUT2D eigenvalue weighted by Gasteiger charge is -2.21. The van der Waals surface area contributed by atoms with Crippen LogP contribution in [0.1, 0.15) is 49.5 Å². The van der Waals surface area contributed by atoms with Crippen molar-refractivity contribution in [3.05, 3.63) is 41.0 Å². The minimum Gasteiger partial charge on any atom is -0.494 e. The van der Waals surface area contributed by atoms with Gasteiger partial charge in [-0.2, -0.15) is 0 Å². The Hall–Kier alpha value is -1.94. The number of ketones is 1. The zero-order valence-electron chi connectivity index (χ0n) is 13.3. The molecule has 1 unspecified atom stereocenters. The normalized spacial score (nSPS) is 21.8. The molecule has 22 heavy (non-hydrogen) atoms. The molecule has 3 rings (SSSR count). The van der Waals surface area contributed by atoms with Crippen LogP contribution in [0, 0.1) is 5.41 Å². The monoisotopic (exact) mass is 300 g/mol. The van der Waals surface area contributed by atoms with Crippen molar-refractivity contribution in [2.24, 2.45) is 5.41 Å². The Labute approximate surface area is 130 Å². The number of carbonyl (C=O) groups excluding carboxylic acids is 1. The number of rotatable bonds is 4. The first-order chi connectivity index (χ1) is 10.4. The first-order valence-electron chi connectivity index (χ1n) is 7.80. The smallest absolute Gasteiger partial charge is 0.263 e. The predicted octanol–water partition coefficient (Wildman–Crippen LogP) is 1.22. The van der Waals surface area contributed by atoms with Crippen molar-refractivity contribution in [2.45, 2.75) is 39.8 Å². The summed E-state index contributed by atoms with van der Waals surface area (Å²) in [6.45, 7) is 6.64. The topological polar surface area (TPSA) is 60.5 Å². The maximum atomic E-state index is 12.5. The van der Waals surface area contributed by atoms with Crippen molar-refractivity contribution < 1.29 is 19.6 Å². The van der Waals surface area contributed by atoms with Crippen LogP contribution in [0.15, 0.2) is 29.8 Å². The van der Waals surface area contributed by atoms with Gasteiger partial charge in [-0.25, -0.2) is 4.99 Å². The molecule has 2 aliphatic rings. The van der Waals surface area contributed by atoms with Gasteiger partial charge in [0.25, 0.3) is 6.23 Å². The SMILES string of the molecule is CCCCOc1ccc2c(c1)C(=O)C=C1C2=[NH+]C(O)C1(C)C. The summed E-state index contributed by atoms with van der Waals surface area (Å²) in [7, 11) is 0.